The predicted molar refractivity (Wildman–Crippen MR) is 76.6 cm³/mol. The van der Waals surface area contributed by atoms with Crippen LogP contribution < -0.4 is 10.6 Å². The Morgan fingerprint density at radius 2 is 1.67 bits per heavy atom. The molecule has 3 heteroatoms. The quantitative estimate of drug-likeness (QED) is 0.526. The van der Waals surface area contributed by atoms with Crippen LogP contribution in [-0.4, -0.2) is 25.0 Å². The number of nitrogens with one attached hydrogen (secondary N) is 2. The van der Waals surface area contributed by atoms with Gasteiger partial charge in [0.25, 0.3) is 0 Å². The molecule has 0 heterocycles. The van der Waals surface area contributed by atoms with Gasteiger partial charge >= 0.3 is 0 Å². The van der Waals surface area contributed by atoms with E-state index in [0.717, 1.165) is 25.6 Å². The molecule has 0 atom stereocenters. The molecule has 1 fully saturated rings. The Labute approximate surface area is 112 Å². The van der Waals surface area contributed by atoms with E-state index in [9.17, 15) is 4.79 Å². The predicted octanol–water partition coefficient (Wildman–Crippen LogP) is 3.00. The molecule has 0 spiro atoms. The van der Waals surface area contributed by atoms with Crippen LogP contribution in [-0.2, 0) is 4.79 Å². The first-order valence-corrected chi connectivity index (χ1v) is 7.83. The Kier molecular flexibility index (Phi) is 8.92. The summed E-state index contributed by atoms with van der Waals surface area (Å²) in [6.45, 7) is 3.95. The second-order valence-corrected chi connectivity index (χ2v) is 5.45. The maximum absolute atomic E-state index is 11.5. The molecule has 0 aromatic rings. The lowest BCUT2D eigenvalue weighted by Crippen LogP contribution is -2.32. The summed E-state index contributed by atoms with van der Waals surface area (Å²) in [5.41, 5.74) is 0. The topological polar surface area (TPSA) is 41.1 Å². The molecule has 1 aliphatic carbocycles. The van der Waals surface area contributed by atoms with Crippen LogP contribution in [0.15, 0.2) is 0 Å². The number of carbonyl (C=O) groups excluding carboxylic acids is 1. The molecule has 0 radical (unpaired) electrons. The highest BCUT2D eigenvalue weighted by atomic mass is 16.1. The number of unbranched alkanes of at least 4 members (excludes halogenated alkanes) is 6. The van der Waals surface area contributed by atoms with E-state index in [0.29, 0.717) is 6.42 Å². The van der Waals surface area contributed by atoms with Crippen LogP contribution in [0.25, 0.3) is 0 Å². The van der Waals surface area contributed by atoms with Crippen LogP contribution in [0.5, 0.6) is 0 Å². The van der Waals surface area contributed by atoms with Crippen molar-refractivity contribution in [1.82, 2.24) is 10.6 Å². The third-order valence-electron chi connectivity index (χ3n) is 3.46. The van der Waals surface area contributed by atoms with E-state index in [2.05, 4.69) is 17.6 Å². The van der Waals surface area contributed by atoms with Gasteiger partial charge in [0.1, 0.15) is 0 Å². The van der Waals surface area contributed by atoms with Gasteiger partial charge in [-0.2, -0.15) is 0 Å². The molecule has 2 N–H and O–H groups in total. The van der Waals surface area contributed by atoms with Gasteiger partial charge in [-0.15, -0.1) is 0 Å². The van der Waals surface area contributed by atoms with Crippen LogP contribution in [0.3, 0.4) is 0 Å². The monoisotopic (exact) mass is 254 g/mol. The maximum atomic E-state index is 11.5. The minimum atomic E-state index is 0.223. The molecule has 106 valence electrons. The average molecular weight is 254 g/mol. The minimum absolute atomic E-state index is 0.223. The molecule has 1 aliphatic rings. The normalized spacial score (nSPS) is 14.7. The van der Waals surface area contributed by atoms with Crippen molar-refractivity contribution in [3.63, 3.8) is 0 Å². The Morgan fingerprint density at radius 3 is 2.33 bits per heavy atom. The Balaban J connectivity index is 1.75. The highest BCUT2D eigenvalue weighted by Gasteiger charge is 2.19. The van der Waals surface area contributed by atoms with Crippen molar-refractivity contribution in [2.75, 3.05) is 13.1 Å². The first-order chi connectivity index (χ1) is 8.83. The zero-order valence-electron chi connectivity index (χ0n) is 12.0. The summed E-state index contributed by atoms with van der Waals surface area (Å²) in [6.07, 6.45) is 12.2. The summed E-state index contributed by atoms with van der Waals surface area (Å²) >= 11 is 0. The fourth-order valence-electron chi connectivity index (χ4n) is 2.10. The van der Waals surface area contributed by atoms with Gasteiger partial charge in [-0.1, -0.05) is 45.4 Å². The molecule has 1 saturated carbocycles. The van der Waals surface area contributed by atoms with Gasteiger partial charge in [-0.05, 0) is 19.3 Å². The van der Waals surface area contributed by atoms with Crippen molar-refractivity contribution in [3.05, 3.63) is 0 Å². The van der Waals surface area contributed by atoms with Crippen LogP contribution in [0.4, 0.5) is 0 Å². The van der Waals surface area contributed by atoms with Crippen molar-refractivity contribution >= 4 is 5.91 Å². The van der Waals surface area contributed by atoms with Crippen LogP contribution in [0.1, 0.15) is 71.1 Å². The summed E-state index contributed by atoms with van der Waals surface area (Å²) < 4.78 is 0. The van der Waals surface area contributed by atoms with Gasteiger partial charge in [0.2, 0.25) is 5.91 Å². The van der Waals surface area contributed by atoms with Crippen molar-refractivity contribution in [3.8, 4) is 0 Å². The van der Waals surface area contributed by atoms with Gasteiger partial charge in [0, 0.05) is 25.6 Å². The SMILES string of the molecule is CCCCCCCCCC(=O)NCCNC1CC1. The molecule has 0 saturated heterocycles. The standard InChI is InChI=1S/C15H30N2O/c1-2-3-4-5-6-7-8-9-15(18)17-13-12-16-14-10-11-14/h14,16H,2-13H2,1H3,(H,17,18). The van der Waals surface area contributed by atoms with Gasteiger partial charge in [-0.25, -0.2) is 0 Å². The average Bonchev–Trinajstić information content (AvgIpc) is 3.18. The van der Waals surface area contributed by atoms with Gasteiger partial charge in [0.15, 0.2) is 0 Å². The molecule has 0 bridgehead atoms. The second-order valence-electron chi connectivity index (χ2n) is 5.45. The molecule has 1 rings (SSSR count). The van der Waals surface area contributed by atoms with E-state index in [-0.39, 0.29) is 5.91 Å². The third-order valence-corrected chi connectivity index (χ3v) is 3.46. The second kappa shape index (κ2) is 10.4. The highest BCUT2D eigenvalue weighted by molar-refractivity contribution is 5.75. The van der Waals surface area contributed by atoms with Crippen molar-refractivity contribution in [1.29, 1.82) is 0 Å². The lowest BCUT2D eigenvalue weighted by molar-refractivity contribution is -0.121. The Morgan fingerprint density at radius 1 is 1.00 bits per heavy atom. The lowest BCUT2D eigenvalue weighted by atomic mass is 10.1. The summed E-state index contributed by atoms with van der Waals surface area (Å²) in [6, 6.07) is 0.741. The zero-order chi connectivity index (χ0) is 13.1. The number of hydrogen-bond donors (Lipinski definition) is 2. The Bertz CT molecular complexity index is 215. The first kappa shape index (κ1) is 15.5. The van der Waals surface area contributed by atoms with Crippen LogP contribution in [0, 0.1) is 0 Å². The molecule has 1 amide bonds. The summed E-state index contributed by atoms with van der Waals surface area (Å²) in [7, 11) is 0. The summed E-state index contributed by atoms with van der Waals surface area (Å²) in [5, 5.41) is 6.37. The van der Waals surface area contributed by atoms with E-state index in [1.807, 2.05) is 0 Å². The lowest BCUT2D eigenvalue weighted by Gasteiger charge is -2.06. The highest BCUT2D eigenvalue weighted by Crippen LogP contribution is 2.17. The third kappa shape index (κ3) is 9.46. The van der Waals surface area contributed by atoms with E-state index < -0.39 is 0 Å². The van der Waals surface area contributed by atoms with E-state index in [4.69, 9.17) is 0 Å². The number of hydrogen-bond acceptors (Lipinski definition) is 2. The Hall–Kier alpha value is -0.570. The molecule has 0 aliphatic heterocycles. The van der Waals surface area contributed by atoms with Crippen molar-refractivity contribution in [2.45, 2.75) is 77.2 Å². The largest absolute Gasteiger partial charge is 0.355 e. The number of rotatable bonds is 12. The van der Waals surface area contributed by atoms with Crippen molar-refractivity contribution in [2.24, 2.45) is 0 Å². The first-order valence-electron chi connectivity index (χ1n) is 7.83. The molecule has 0 unspecified atom stereocenters. The molecule has 3 nitrogen and oxygen atoms in total. The molecule has 0 aromatic heterocycles. The summed E-state index contributed by atoms with van der Waals surface area (Å²) in [4.78, 5) is 11.5. The number of amides is 1. The molecule has 0 aromatic carbocycles. The maximum Gasteiger partial charge on any atom is 0.220 e. The van der Waals surface area contributed by atoms with E-state index >= 15 is 0 Å². The van der Waals surface area contributed by atoms with E-state index in [1.165, 1.54) is 51.4 Å². The molecular weight excluding hydrogens is 224 g/mol. The zero-order valence-corrected chi connectivity index (χ0v) is 12.0. The van der Waals surface area contributed by atoms with Gasteiger partial charge in [0.05, 0.1) is 0 Å². The fourth-order valence-corrected chi connectivity index (χ4v) is 2.10. The smallest absolute Gasteiger partial charge is 0.220 e. The van der Waals surface area contributed by atoms with Crippen LogP contribution >= 0.6 is 0 Å². The van der Waals surface area contributed by atoms with Gasteiger partial charge < -0.3 is 10.6 Å². The van der Waals surface area contributed by atoms with Crippen molar-refractivity contribution < 1.29 is 4.79 Å². The minimum Gasteiger partial charge on any atom is -0.355 e. The van der Waals surface area contributed by atoms with Crippen LogP contribution in [0.2, 0.25) is 0 Å². The fraction of sp³-hybridized carbons (Fsp3) is 0.933. The number of carbonyl (C=O) groups is 1. The summed E-state index contributed by atoms with van der Waals surface area (Å²) in [5.74, 6) is 0.223. The van der Waals surface area contributed by atoms with Gasteiger partial charge in [-0.3, -0.25) is 4.79 Å². The molecule has 18 heavy (non-hydrogen) atoms. The molecular formula is C15H30N2O. The van der Waals surface area contributed by atoms with E-state index in [1.54, 1.807) is 0 Å².